The molecule has 1 fully saturated rings. The molecule has 25 heavy (non-hydrogen) atoms. The molecule has 0 aliphatic heterocycles. The van der Waals surface area contributed by atoms with Gasteiger partial charge < -0.3 is 20.9 Å². The maximum Gasteiger partial charge on any atom is 0.252 e. The lowest BCUT2D eigenvalue weighted by Gasteiger charge is -2.28. The van der Waals surface area contributed by atoms with Crippen molar-refractivity contribution in [2.45, 2.75) is 64.5 Å². The third kappa shape index (κ3) is 5.64. The van der Waals surface area contributed by atoms with Crippen molar-refractivity contribution < 1.29 is 14.6 Å². The summed E-state index contributed by atoms with van der Waals surface area (Å²) in [6.45, 7) is 6.43. The van der Waals surface area contributed by atoms with E-state index in [1.807, 2.05) is 20.8 Å². The molecule has 0 unspecified atom stereocenters. The molecular weight excluding hydrogens is 320 g/mol. The Hall–Kier alpha value is -1.73. The molecule has 0 spiro atoms. The van der Waals surface area contributed by atoms with Gasteiger partial charge in [0, 0.05) is 12.8 Å². The van der Waals surface area contributed by atoms with Gasteiger partial charge in [-0.1, -0.05) is 0 Å². The number of rotatable bonds is 8. The van der Waals surface area contributed by atoms with Gasteiger partial charge in [0.05, 0.1) is 29.5 Å². The normalized spacial score (nSPS) is 21.1. The highest BCUT2D eigenvalue weighted by Gasteiger charge is 2.25. The molecule has 1 amide bonds. The van der Waals surface area contributed by atoms with E-state index in [9.17, 15) is 9.90 Å². The number of carbonyl (C=O) groups is 1. The lowest BCUT2D eigenvalue weighted by molar-refractivity contribution is 0.0256. The minimum Gasteiger partial charge on any atom is -0.394 e. The monoisotopic (exact) mass is 350 g/mol. The number of carbonyl (C=O) groups excluding carboxylic acids is 1. The minimum absolute atomic E-state index is 0.0509. The van der Waals surface area contributed by atoms with E-state index in [0.29, 0.717) is 35.6 Å². The second-order valence-corrected chi connectivity index (χ2v) is 7.39. The Balaban J connectivity index is 2.10. The number of nitrogens with one attached hydrogen (secondary N) is 1. The number of aliphatic hydroxyl groups is 1. The zero-order chi connectivity index (χ0) is 18.4. The Morgan fingerprint density at radius 2 is 2.08 bits per heavy atom. The first-order valence-corrected chi connectivity index (χ1v) is 9.01. The quantitative estimate of drug-likeness (QED) is 0.660. The number of ether oxygens (including phenoxy) is 1. The van der Waals surface area contributed by atoms with Crippen LogP contribution in [-0.2, 0) is 11.2 Å². The van der Waals surface area contributed by atoms with Gasteiger partial charge in [-0.3, -0.25) is 4.79 Å². The molecule has 1 aromatic rings. The predicted octanol–water partition coefficient (Wildman–Crippen LogP) is 1.90. The Kier molecular flexibility index (Phi) is 6.72. The first kappa shape index (κ1) is 19.6. The highest BCUT2D eigenvalue weighted by Crippen LogP contribution is 2.29. The van der Waals surface area contributed by atoms with Gasteiger partial charge in [-0.25, -0.2) is 9.97 Å². The molecule has 7 nitrogen and oxygen atoms in total. The maximum atomic E-state index is 11.7. The number of primary amides is 1. The molecule has 0 radical (unpaired) electrons. The van der Waals surface area contributed by atoms with Crippen LogP contribution >= 0.6 is 0 Å². The second-order valence-electron chi connectivity index (χ2n) is 7.39. The van der Waals surface area contributed by atoms with E-state index in [1.165, 1.54) is 6.20 Å². The Labute approximate surface area is 149 Å². The molecule has 0 atom stereocenters. The summed E-state index contributed by atoms with van der Waals surface area (Å²) in [5, 5.41) is 12.5. The van der Waals surface area contributed by atoms with Gasteiger partial charge in [0.15, 0.2) is 0 Å². The van der Waals surface area contributed by atoms with Crippen molar-refractivity contribution in [3.8, 4) is 0 Å². The van der Waals surface area contributed by atoms with E-state index >= 15 is 0 Å². The van der Waals surface area contributed by atoms with Crippen molar-refractivity contribution in [1.29, 1.82) is 0 Å². The van der Waals surface area contributed by atoms with Gasteiger partial charge in [-0.15, -0.1) is 0 Å². The van der Waals surface area contributed by atoms with Gasteiger partial charge in [0.25, 0.3) is 5.91 Å². The van der Waals surface area contributed by atoms with Crippen LogP contribution in [0.25, 0.3) is 0 Å². The highest BCUT2D eigenvalue weighted by molar-refractivity contribution is 5.93. The molecule has 1 saturated carbocycles. The van der Waals surface area contributed by atoms with E-state index in [2.05, 4.69) is 15.3 Å². The van der Waals surface area contributed by atoms with E-state index in [-0.39, 0.29) is 6.61 Å². The van der Waals surface area contributed by atoms with Crippen LogP contribution in [-0.4, -0.2) is 45.8 Å². The zero-order valence-electron chi connectivity index (χ0n) is 15.4. The van der Waals surface area contributed by atoms with Crippen molar-refractivity contribution in [2.75, 3.05) is 18.5 Å². The second kappa shape index (κ2) is 8.58. The molecule has 2 rings (SSSR count). The van der Waals surface area contributed by atoms with Crippen LogP contribution in [0, 0.1) is 5.92 Å². The predicted molar refractivity (Wildman–Crippen MR) is 96.4 cm³/mol. The Bertz CT molecular complexity index is 584. The van der Waals surface area contributed by atoms with E-state index in [1.54, 1.807) is 0 Å². The van der Waals surface area contributed by atoms with Gasteiger partial charge in [0.2, 0.25) is 5.95 Å². The third-order valence-corrected chi connectivity index (χ3v) is 4.66. The standard InChI is InChI=1S/C18H30N4O3/c1-4-25-13-7-5-12(6-8-13)9-15-14(16(19)24)10-20-17(21-15)22-18(2,3)11-23/h10,12-13,23H,4-9,11H2,1-3H3,(H2,19,24)(H,20,21,22). The van der Waals surface area contributed by atoms with Crippen LogP contribution in [0.15, 0.2) is 6.20 Å². The zero-order valence-corrected chi connectivity index (χ0v) is 15.4. The minimum atomic E-state index is -0.541. The van der Waals surface area contributed by atoms with E-state index < -0.39 is 11.4 Å². The van der Waals surface area contributed by atoms with Crippen LogP contribution in [0.4, 0.5) is 5.95 Å². The van der Waals surface area contributed by atoms with Gasteiger partial charge in [-0.05, 0) is 58.8 Å². The molecule has 1 aliphatic rings. The SMILES string of the molecule is CCOC1CCC(Cc2nc(NC(C)(C)CO)ncc2C(N)=O)CC1. The van der Waals surface area contributed by atoms with E-state index in [0.717, 1.165) is 32.3 Å². The van der Waals surface area contributed by atoms with Gasteiger partial charge >= 0.3 is 0 Å². The summed E-state index contributed by atoms with van der Waals surface area (Å²) < 4.78 is 5.70. The molecule has 0 saturated heterocycles. The summed E-state index contributed by atoms with van der Waals surface area (Å²) >= 11 is 0. The fraction of sp³-hybridized carbons (Fsp3) is 0.722. The summed E-state index contributed by atoms with van der Waals surface area (Å²) in [6, 6.07) is 0. The Morgan fingerprint density at radius 1 is 1.40 bits per heavy atom. The topological polar surface area (TPSA) is 110 Å². The van der Waals surface area contributed by atoms with Gasteiger partial charge in [-0.2, -0.15) is 0 Å². The molecule has 4 N–H and O–H groups in total. The number of hydrogen-bond donors (Lipinski definition) is 3. The van der Waals surface area contributed by atoms with Crippen LogP contribution in [0.2, 0.25) is 0 Å². The molecular formula is C18H30N4O3. The van der Waals surface area contributed by atoms with Crippen molar-refractivity contribution in [1.82, 2.24) is 9.97 Å². The number of aliphatic hydroxyl groups excluding tert-OH is 1. The van der Waals surface area contributed by atoms with Crippen LogP contribution in [0.1, 0.15) is 62.5 Å². The molecule has 1 aromatic heterocycles. The number of hydrogen-bond acceptors (Lipinski definition) is 6. The van der Waals surface area contributed by atoms with Gasteiger partial charge in [0.1, 0.15) is 0 Å². The molecule has 1 aliphatic carbocycles. The fourth-order valence-electron chi connectivity index (χ4n) is 3.19. The summed E-state index contributed by atoms with van der Waals surface area (Å²) in [5.41, 5.74) is 6.00. The lowest BCUT2D eigenvalue weighted by atomic mass is 9.84. The van der Waals surface area contributed by atoms with Crippen LogP contribution in [0.5, 0.6) is 0 Å². The van der Waals surface area contributed by atoms with Crippen molar-refractivity contribution in [3.05, 3.63) is 17.5 Å². The fourth-order valence-corrected chi connectivity index (χ4v) is 3.19. The highest BCUT2D eigenvalue weighted by atomic mass is 16.5. The summed E-state index contributed by atoms with van der Waals surface area (Å²) in [7, 11) is 0. The van der Waals surface area contributed by atoms with Crippen molar-refractivity contribution in [2.24, 2.45) is 11.7 Å². The molecule has 0 bridgehead atoms. The molecule has 1 heterocycles. The number of nitrogens with zero attached hydrogens (tertiary/aromatic N) is 2. The number of nitrogens with two attached hydrogens (primary N) is 1. The first-order valence-electron chi connectivity index (χ1n) is 9.01. The smallest absolute Gasteiger partial charge is 0.252 e. The average molecular weight is 350 g/mol. The molecule has 7 heteroatoms. The van der Waals surface area contributed by atoms with Crippen LogP contribution < -0.4 is 11.1 Å². The maximum absolute atomic E-state index is 11.7. The lowest BCUT2D eigenvalue weighted by Crippen LogP contribution is -2.36. The summed E-state index contributed by atoms with van der Waals surface area (Å²) in [6.07, 6.45) is 6.72. The van der Waals surface area contributed by atoms with E-state index in [4.69, 9.17) is 10.5 Å². The average Bonchev–Trinajstić information content (AvgIpc) is 2.56. The van der Waals surface area contributed by atoms with Crippen molar-refractivity contribution in [3.63, 3.8) is 0 Å². The largest absolute Gasteiger partial charge is 0.394 e. The first-order chi connectivity index (χ1) is 11.8. The summed E-state index contributed by atoms with van der Waals surface area (Å²) in [4.78, 5) is 20.4. The number of aromatic nitrogens is 2. The summed E-state index contributed by atoms with van der Waals surface area (Å²) in [5.74, 6) is 0.358. The number of amides is 1. The molecule has 140 valence electrons. The van der Waals surface area contributed by atoms with Crippen molar-refractivity contribution >= 4 is 11.9 Å². The number of anilines is 1. The molecule has 0 aromatic carbocycles. The Morgan fingerprint density at radius 3 is 2.64 bits per heavy atom. The third-order valence-electron chi connectivity index (χ3n) is 4.66. The van der Waals surface area contributed by atoms with Crippen LogP contribution in [0.3, 0.4) is 0 Å².